The fourth-order valence-corrected chi connectivity index (χ4v) is 2.08. The number of benzene rings is 2. The molecule has 0 radical (unpaired) electrons. The summed E-state index contributed by atoms with van der Waals surface area (Å²) in [6.07, 6.45) is 0. The van der Waals surface area contributed by atoms with E-state index in [0.29, 0.717) is 5.69 Å². The largest absolute Gasteiger partial charge is 0.383 e. The Bertz CT molecular complexity index is 667. The van der Waals surface area contributed by atoms with E-state index in [0.717, 1.165) is 10.8 Å². The van der Waals surface area contributed by atoms with Gasteiger partial charge in [-0.1, -0.05) is 36.4 Å². The quantitative estimate of drug-likeness (QED) is 0.738. The number of ether oxygens (including phenoxy) is 1. The molecule has 6 heteroatoms. The molecule has 4 N–H and O–H groups in total. The monoisotopic (exact) mass is 301 g/mol. The van der Waals surface area contributed by atoms with Gasteiger partial charge >= 0.3 is 0 Å². The Morgan fingerprint density at radius 2 is 1.91 bits per heavy atom. The van der Waals surface area contributed by atoms with Crippen molar-refractivity contribution in [3.63, 3.8) is 0 Å². The normalized spacial score (nSPS) is 11.9. The molecule has 0 bridgehead atoms. The Morgan fingerprint density at radius 1 is 1.18 bits per heavy atom. The van der Waals surface area contributed by atoms with Crippen molar-refractivity contribution >= 4 is 28.3 Å². The highest BCUT2D eigenvalue weighted by Gasteiger charge is 2.14. The number of nitrogens with one attached hydrogen (secondary N) is 2. The number of hydrogen-bond donors (Lipinski definition) is 3. The maximum absolute atomic E-state index is 11.9. The van der Waals surface area contributed by atoms with Crippen LogP contribution in [0.1, 0.15) is 0 Å². The van der Waals surface area contributed by atoms with Crippen molar-refractivity contribution in [2.45, 2.75) is 6.04 Å². The molecule has 0 aliphatic heterocycles. The average molecular weight is 301 g/mol. The Morgan fingerprint density at radius 3 is 2.68 bits per heavy atom. The molecule has 2 rings (SSSR count). The Hall–Kier alpha value is -2.44. The lowest BCUT2D eigenvalue weighted by Crippen LogP contribution is -2.45. The highest BCUT2D eigenvalue weighted by atomic mass is 16.5. The third-order valence-corrected chi connectivity index (χ3v) is 3.17. The van der Waals surface area contributed by atoms with E-state index in [4.69, 9.17) is 10.5 Å². The van der Waals surface area contributed by atoms with Crippen LogP contribution in [-0.2, 0) is 14.3 Å². The molecule has 6 nitrogen and oxygen atoms in total. The molecule has 22 heavy (non-hydrogen) atoms. The third-order valence-electron chi connectivity index (χ3n) is 3.17. The van der Waals surface area contributed by atoms with Crippen LogP contribution in [0.5, 0.6) is 0 Å². The van der Waals surface area contributed by atoms with Crippen molar-refractivity contribution in [3.05, 3.63) is 42.5 Å². The van der Waals surface area contributed by atoms with Gasteiger partial charge in [-0.3, -0.25) is 9.59 Å². The fourth-order valence-electron chi connectivity index (χ4n) is 2.08. The topological polar surface area (TPSA) is 93.4 Å². The minimum atomic E-state index is -0.782. The van der Waals surface area contributed by atoms with Crippen LogP contribution in [0.25, 0.3) is 10.8 Å². The van der Waals surface area contributed by atoms with E-state index in [2.05, 4.69) is 10.6 Å². The molecule has 0 aliphatic rings. The molecule has 0 aliphatic carbocycles. The standard InChI is InChI=1S/C16H19N3O3/c1-22-10-13(17)16(21)18-9-15(20)19-14-8-4-6-11-5-2-3-7-12(11)14/h2-8,13H,9-10,17H2,1H3,(H,18,21)(H,19,20). The summed E-state index contributed by atoms with van der Waals surface area (Å²) in [4.78, 5) is 23.5. The van der Waals surface area contributed by atoms with Gasteiger partial charge < -0.3 is 21.1 Å². The Kier molecular flexibility index (Phi) is 5.46. The second kappa shape index (κ2) is 7.53. The van der Waals surface area contributed by atoms with E-state index < -0.39 is 11.9 Å². The Balaban J connectivity index is 1.95. The van der Waals surface area contributed by atoms with Gasteiger partial charge in [-0.05, 0) is 11.5 Å². The molecule has 1 unspecified atom stereocenters. The fraction of sp³-hybridized carbons (Fsp3) is 0.250. The molecule has 116 valence electrons. The molecule has 0 aromatic heterocycles. The summed E-state index contributed by atoms with van der Waals surface area (Å²) in [5.41, 5.74) is 6.28. The molecular formula is C16H19N3O3. The lowest BCUT2D eigenvalue weighted by Gasteiger charge is -2.12. The number of hydrogen-bond acceptors (Lipinski definition) is 4. The lowest BCUT2D eigenvalue weighted by molar-refractivity contribution is -0.126. The average Bonchev–Trinajstić information content (AvgIpc) is 2.53. The van der Waals surface area contributed by atoms with E-state index in [1.807, 2.05) is 42.5 Å². The molecule has 0 fully saturated rings. The lowest BCUT2D eigenvalue weighted by atomic mass is 10.1. The maximum Gasteiger partial charge on any atom is 0.243 e. The molecular weight excluding hydrogens is 282 g/mol. The minimum absolute atomic E-state index is 0.108. The smallest absolute Gasteiger partial charge is 0.243 e. The summed E-state index contributed by atoms with van der Waals surface area (Å²) in [6, 6.07) is 12.6. The summed E-state index contributed by atoms with van der Waals surface area (Å²) in [5, 5.41) is 7.24. The van der Waals surface area contributed by atoms with Crippen LogP contribution in [0.2, 0.25) is 0 Å². The maximum atomic E-state index is 11.9. The van der Waals surface area contributed by atoms with Crippen molar-refractivity contribution in [2.24, 2.45) is 5.73 Å². The molecule has 0 saturated heterocycles. The van der Waals surface area contributed by atoms with Gasteiger partial charge in [-0.15, -0.1) is 0 Å². The number of carbonyl (C=O) groups is 2. The van der Waals surface area contributed by atoms with Gasteiger partial charge in [-0.25, -0.2) is 0 Å². The van der Waals surface area contributed by atoms with Crippen LogP contribution in [0.4, 0.5) is 5.69 Å². The zero-order valence-electron chi connectivity index (χ0n) is 12.3. The van der Waals surface area contributed by atoms with Crippen LogP contribution in [0.3, 0.4) is 0 Å². The first-order chi connectivity index (χ1) is 10.6. The molecule has 2 amide bonds. The predicted octanol–water partition coefficient (Wildman–Crippen LogP) is 0.868. The van der Waals surface area contributed by atoms with Crippen LogP contribution in [0.15, 0.2) is 42.5 Å². The number of rotatable bonds is 6. The van der Waals surface area contributed by atoms with Crippen LogP contribution < -0.4 is 16.4 Å². The van der Waals surface area contributed by atoms with Crippen LogP contribution in [0, 0.1) is 0 Å². The van der Waals surface area contributed by atoms with Crippen molar-refractivity contribution in [2.75, 3.05) is 25.6 Å². The highest BCUT2D eigenvalue weighted by molar-refractivity contribution is 6.03. The van der Waals surface area contributed by atoms with Gasteiger partial charge in [0.25, 0.3) is 0 Å². The number of fused-ring (bicyclic) bond motifs is 1. The summed E-state index contributed by atoms with van der Waals surface area (Å²) in [7, 11) is 1.46. The number of carbonyl (C=O) groups excluding carboxylic acids is 2. The van der Waals surface area contributed by atoms with E-state index in [-0.39, 0.29) is 19.1 Å². The predicted molar refractivity (Wildman–Crippen MR) is 85.4 cm³/mol. The Labute approximate surface area is 128 Å². The van der Waals surface area contributed by atoms with E-state index in [1.54, 1.807) is 0 Å². The summed E-state index contributed by atoms with van der Waals surface area (Å²) in [6.45, 7) is -0.0315. The van der Waals surface area contributed by atoms with Gasteiger partial charge in [0, 0.05) is 18.2 Å². The van der Waals surface area contributed by atoms with E-state index in [9.17, 15) is 9.59 Å². The first kappa shape index (κ1) is 15.9. The summed E-state index contributed by atoms with van der Waals surface area (Å²) < 4.78 is 4.79. The first-order valence-corrected chi connectivity index (χ1v) is 6.91. The molecule has 1 atom stereocenters. The number of amides is 2. The molecule has 0 spiro atoms. The second-order valence-corrected chi connectivity index (χ2v) is 4.85. The summed E-state index contributed by atoms with van der Waals surface area (Å²) >= 11 is 0. The molecule has 2 aromatic rings. The zero-order valence-corrected chi connectivity index (χ0v) is 12.3. The van der Waals surface area contributed by atoms with E-state index in [1.165, 1.54) is 7.11 Å². The SMILES string of the molecule is COCC(N)C(=O)NCC(=O)Nc1cccc2ccccc12. The van der Waals surface area contributed by atoms with Gasteiger partial charge in [0.05, 0.1) is 13.2 Å². The van der Waals surface area contributed by atoms with E-state index >= 15 is 0 Å². The second-order valence-electron chi connectivity index (χ2n) is 4.85. The van der Waals surface area contributed by atoms with Crippen LogP contribution in [-0.4, -0.2) is 38.1 Å². The molecule has 0 saturated carbocycles. The number of methoxy groups -OCH3 is 1. The number of nitrogens with two attached hydrogens (primary N) is 1. The molecule has 2 aromatic carbocycles. The van der Waals surface area contributed by atoms with Gasteiger partial charge in [0.15, 0.2) is 0 Å². The van der Waals surface area contributed by atoms with Crippen molar-refractivity contribution < 1.29 is 14.3 Å². The third kappa shape index (κ3) is 4.03. The van der Waals surface area contributed by atoms with Crippen molar-refractivity contribution in [3.8, 4) is 0 Å². The minimum Gasteiger partial charge on any atom is -0.383 e. The number of anilines is 1. The molecule has 0 heterocycles. The van der Waals surface area contributed by atoms with Gasteiger partial charge in [0.1, 0.15) is 6.04 Å². The van der Waals surface area contributed by atoms with Gasteiger partial charge in [-0.2, -0.15) is 0 Å². The van der Waals surface area contributed by atoms with Crippen LogP contribution >= 0.6 is 0 Å². The first-order valence-electron chi connectivity index (χ1n) is 6.91. The van der Waals surface area contributed by atoms with Crippen molar-refractivity contribution in [1.82, 2.24) is 5.32 Å². The van der Waals surface area contributed by atoms with Gasteiger partial charge in [0.2, 0.25) is 11.8 Å². The summed E-state index contributed by atoms with van der Waals surface area (Å²) in [5.74, 6) is -0.732. The zero-order chi connectivity index (χ0) is 15.9. The highest BCUT2D eigenvalue weighted by Crippen LogP contribution is 2.22. The van der Waals surface area contributed by atoms with Crippen molar-refractivity contribution in [1.29, 1.82) is 0 Å².